The van der Waals surface area contributed by atoms with Gasteiger partial charge in [-0.2, -0.15) is 0 Å². The topological polar surface area (TPSA) is 15.3 Å². The van der Waals surface area contributed by atoms with Crippen LogP contribution in [0.1, 0.15) is 39.5 Å². The number of rotatable bonds is 4. The molecule has 2 fully saturated rings. The van der Waals surface area contributed by atoms with E-state index in [1.165, 1.54) is 45.3 Å². The van der Waals surface area contributed by atoms with Crippen LogP contribution in [-0.2, 0) is 0 Å². The number of hydrogen-bond donors (Lipinski definition) is 1. The molecule has 82 valence electrons. The highest BCUT2D eigenvalue weighted by molar-refractivity contribution is 4.84. The summed E-state index contributed by atoms with van der Waals surface area (Å²) in [7, 11) is 0. The first-order chi connectivity index (χ1) is 6.74. The first-order valence-electron chi connectivity index (χ1n) is 6.22. The summed E-state index contributed by atoms with van der Waals surface area (Å²) in [6.45, 7) is 8.47. The van der Waals surface area contributed by atoms with Gasteiger partial charge in [-0.25, -0.2) is 0 Å². The van der Waals surface area contributed by atoms with E-state index in [0.717, 1.165) is 12.0 Å². The van der Waals surface area contributed by atoms with Gasteiger partial charge in [0, 0.05) is 25.2 Å². The predicted octanol–water partition coefficient (Wildman–Crippen LogP) is 1.86. The summed E-state index contributed by atoms with van der Waals surface area (Å²) in [5.74, 6) is 1.03. The van der Waals surface area contributed by atoms with E-state index in [2.05, 4.69) is 24.1 Å². The van der Waals surface area contributed by atoms with Gasteiger partial charge >= 0.3 is 0 Å². The van der Waals surface area contributed by atoms with E-state index in [4.69, 9.17) is 0 Å². The fourth-order valence-electron chi connectivity index (χ4n) is 2.65. The predicted molar refractivity (Wildman–Crippen MR) is 60.5 cm³/mol. The Morgan fingerprint density at radius 3 is 2.64 bits per heavy atom. The SMILES string of the molecule is CC(C)NC1CCN(CC2CCC2)C1. The average molecular weight is 196 g/mol. The first kappa shape index (κ1) is 10.4. The summed E-state index contributed by atoms with van der Waals surface area (Å²) in [6, 6.07) is 1.40. The van der Waals surface area contributed by atoms with Crippen molar-refractivity contribution in [2.45, 2.75) is 51.6 Å². The van der Waals surface area contributed by atoms with Crippen molar-refractivity contribution >= 4 is 0 Å². The van der Waals surface area contributed by atoms with Crippen molar-refractivity contribution in [1.82, 2.24) is 10.2 Å². The zero-order chi connectivity index (χ0) is 9.97. The van der Waals surface area contributed by atoms with Gasteiger partial charge in [-0.3, -0.25) is 0 Å². The monoisotopic (exact) mass is 196 g/mol. The van der Waals surface area contributed by atoms with Gasteiger partial charge < -0.3 is 10.2 Å². The van der Waals surface area contributed by atoms with Gasteiger partial charge in [0.05, 0.1) is 0 Å². The highest BCUT2D eigenvalue weighted by atomic mass is 15.2. The van der Waals surface area contributed by atoms with E-state index in [-0.39, 0.29) is 0 Å². The lowest BCUT2D eigenvalue weighted by Gasteiger charge is -2.30. The largest absolute Gasteiger partial charge is 0.310 e. The van der Waals surface area contributed by atoms with Crippen molar-refractivity contribution in [2.24, 2.45) is 5.92 Å². The number of nitrogens with zero attached hydrogens (tertiary/aromatic N) is 1. The molecule has 1 atom stereocenters. The van der Waals surface area contributed by atoms with Crippen LogP contribution in [0, 0.1) is 5.92 Å². The lowest BCUT2D eigenvalue weighted by atomic mass is 9.85. The minimum atomic E-state index is 0.642. The second kappa shape index (κ2) is 4.63. The Bertz CT molecular complexity index is 175. The quantitative estimate of drug-likeness (QED) is 0.738. The molecule has 2 rings (SSSR count). The zero-order valence-electron chi connectivity index (χ0n) is 9.63. The molecule has 0 bridgehead atoms. The van der Waals surface area contributed by atoms with Gasteiger partial charge in [0.25, 0.3) is 0 Å². The smallest absolute Gasteiger partial charge is 0.0209 e. The van der Waals surface area contributed by atoms with Crippen molar-refractivity contribution in [3.63, 3.8) is 0 Å². The standard InChI is InChI=1S/C12H24N2/c1-10(2)13-12-6-7-14(9-12)8-11-4-3-5-11/h10-13H,3-9H2,1-2H3. The maximum Gasteiger partial charge on any atom is 0.0209 e. The van der Waals surface area contributed by atoms with Gasteiger partial charge in [-0.15, -0.1) is 0 Å². The Balaban J connectivity index is 1.66. The van der Waals surface area contributed by atoms with Gasteiger partial charge in [-0.1, -0.05) is 20.3 Å². The Morgan fingerprint density at radius 2 is 2.07 bits per heavy atom. The number of hydrogen-bond acceptors (Lipinski definition) is 2. The van der Waals surface area contributed by atoms with Crippen LogP contribution < -0.4 is 5.32 Å². The van der Waals surface area contributed by atoms with Crippen molar-refractivity contribution in [3.8, 4) is 0 Å². The Morgan fingerprint density at radius 1 is 1.29 bits per heavy atom. The van der Waals surface area contributed by atoms with Gasteiger partial charge in [0.15, 0.2) is 0 Å². The molecule has 1 aliphatic heterocycles. The van der Waals surface area contributed by atoms with Crippen LogP contribution in [0.15, 0.2) is 0 Å². The number of likely N-dealkylation sites (tertiary alicyclic amines) is 1. The molecule has 1 N–H and O–H groups in total. The van der Waals surface area contributed by atoms with E-state index in [1.807, 2.05) is 0 Å². The molecule has 1 heterocycles. The van der Waals surface area contributed by atoms with Crippen LogP contribution in [-0.4, -0.2) is 36.6 Å². The summed E-state index contributed by atoms with van der Waals surface area (Å²) < 4.78 is 0. The molecule has 0 radical (unpaired) electrons. The molecule has 0 aromatic heterocycles. The third-order valence-electron chi connectivity index (χ3n) is 3.58. The minimum absolute atomic E-state index is 0.642. The molecule has 1 unspecified atom stereocenters. The van der Waals surface area contributed by atoms with Crippen molar-refractivity contribution in [3.05, 3.63) is 0 Å². The summed E-state index contributed by atoms with van der Waals surface area (Å²) in [6.07, 6.45) is 5.80. The summed E-state index contributed by atoms with van der Waals surface area (Å²) >= 11 is 0. The highest BCUT2D eigenvalue weighted by Gasteiger charge is 2.26. The van der Waals surface area contributed by atoms with Gasteiger partial charge in [-0.05, 0) is 31.7 Å². The van der Waals surface area contributed by atoms with Crippen LogP contribution in [0.5, 0.6) is 0 Å². The van der Waals surface area contributed by atoms with Crippen molar-refractivity contribution < 1.29 is 0 Å². The lowest BCUT2D eigenvalue weighted by molar-refractivity contribution is 0.202. The average Bonchev–Trinajstić information content (AvgIpc) is 2.44. The lowest BCUT2D eigenvalue weighted by Crippen LogP contribution is -2.38. The van der Waals surface area contributed by atoms with Crippen LogP contribution >= 0.6 is 0 Å². The molecule has 2 nitrogen and oxygen atoms in total. The van der Waals surface area contributed by atoms with Gasteiger partial charge in [0.1, 0.15) is 0 Å². The molecule has 1 aliphatic carbocycles. The molecule has 1 saturated carbocycles. The molecule has 14 heavy (non-hydrogen) atoms. The fourth-order valence-corrected chi connectivity index (χ4v) is 2.65. The van der Waals surface area contributed by atoms with E-state index >= 15 is 0 Å². The Kier molecular flexibility index (Phi) is 3.45. The third kappa shape index (κ3) is 2.71. The van der Waals surface area contributed by atoms with Crippen molar-refractivity contribution in [1.29, 1.82) is 0 Å². The second-order valence-electron chi connectivity index (χ2n) is 5.36. The highest BCUT2D eigenvalue weighted by Crippen LogP contribution is 2.28. The Hall–Kier alpha value is -0.0800. The van der Waals surface area contributed by atoms with Gasteiger partial charge in [0.2, 0.25) is 0 Å². The molecule has 2 aliphatic rings. The molecule has 0 aromatic carbocycles. The molecular formula is C12H24N2. The van der Waals surface area contributed by atoms with Crippen molar-refractivity contribution in [2.75, 3.05) is 19.6 Å². The van der Waals surface area contributed by atoms with E-state index < -0.39 is 0 Å². The van der Waals surface area contributed by atoms with Crippen LogP contribution in [0.2, 0.25) is 0 Å². The fraction of sp³-hybridized carbons (Fsp3) is 1.00. The van der Waals surface area contributed by atoms with E-state index in [0.29, 0.717) is 6.04 Å². The summed E-state index contributed by atoms with van der Waals surface area (Å²) in [5, 5.41) is 3.64. The van der Waals surface area contributed by atoms with Crippen LogP contribution in [0.4, 0.5) is 0 Å². The molecule has 1 saturated heterocycles. The maximum atomic E-state index is 3.64. The normalized spacial score (nSPS) is 29.8. The molecule has 2 heteroatoms. The zero-order valence-corrected chi connectivity index (χ0v) is 9.63. The molecular weight excluding hydrogens is 172 g/mol. The van der Waals surface area contributed by atoms with Crippen LogP contribution in [0.3, 0.4) is 0 Å². The number of nitrogens with one attached hydrogen (secondary N) is 1. The summed E-state index contributed by atoms with van der Waals surface area (Å²) in [4.78, 5) is 2.66. The van der Waals surface area contributed by atoms with Crippen LogP contribution in [0.25, 0.3) is 0 Å². The maximum absolute atomic E-state index is 3.64. The Labute approximate surface area is 88.1 Å². The third-order valence-corrected chi connectivity index (χ3v) is 3.58. The van der Waals surface area contributed by atoms with E-state index in [1.54, 1.807) is 0 Å². The van der Waals surface area contributed by atoms with E-state index in [9.17, 15) is 0 Å². The second-order valence-corrected chi connectivity index (χ2v) is 5.36. The first-order valence-corrected chi connectivity index (χ1v) is 6.22. The molecule has 0 aromatic rings. The molecule has 0 spiro atoms. The minimum Gasteiger partial charge on any atom is -0.310 e. The molecule has 0 amide bonds. The summed E-state index contributed by atoms with van der Waals surface area (Å²) in [5.41, 5.74) is 0.